The summed E-state index contributed by atoms with van der Waals surface area (Å²) in [4.78, 5) is 4.48. The molecular formula is C19H27FN4OS. The molecule has 1 aliphatic rings. The Morgan fingerprint density at radius 2 is 2.23 bits per heavy atom. The molecule has 26 heavy (non-hydrogen) atoms. The second-order valence-electron chi connectivity index (χ2n) is 6.41. The number of rotatable bonds is 6. The van der Waals surface area contributed by atoms with Crippen LogP contribution >= 0.6 is 0 Å². The fourth-order valence-corrected chi connectivity index (χ4v) is 4.52. The molecule has 2 N–H and O–H groups in total. The van der Waals surface area contributed by atoms with Gasteiger partial charge in [-0.3, -0.25) is 4.21 Å². The van der Waals surface area contributed by atoms with Gasteiger partial charge in [-0.1, -0.05) is 19.4 Å². The van der Waals surface area contributed by atoms with Gasteiger partial charge in [-0.15, -0.1) is 0 Å². The lowest BCUT2D eigenvalue weighted by molar-refractivity contribution is 0.413. The van der Waals surface area contributed by atoms with Crippen LogP contribution in [-0.4, -0.2) is 33.8 Å². The van der Waals surface area contributed by atoms with Gasteiger partial charge in [0, 0.05) is 40.0 Å². The maximum atomic E-state index is 14.0. The molecule has 0 spiro atoms. The Labute approximate surface area is 157 Å². The van der Waals surface area contributed by atoms with Crippen LogP contribution in [0.5, 0.6) is 0 Å². The summed E-state index contributed by atoms with van der Waals surface area (Å²) in [5.74, 6) is 0.924. The summed E-state index contributed by atoms with van der Waals surface area (Å²) in [6.07, 6.45) is 3.96. The van der Waals surface area contributed by atoms with Gasteiger partial charge in [-0.2, -0.15) is 5.26 Å². The minimum atomic E-state index is -0.769. The van der Waals surface area contributed by atoms with Crippen molar-refractivity contribution in [2.24, 2.45) is 4.99 Å². The first-order chi connectivity index (χ1) is 12.6. The van der Waals surface area contributed by atoms with Gasteiger partial charge in [-0.25, -0.2) is 9.38 Å². The molecule has 5 nitrogen and oxygen atoms in total. The molecule has 0 aromatic heterocycles. The third-order valence-electron chi connectivity index (χ3n) is 4.56. The van der Waals surface area contributed by atoms with E-state index < -0.39 is 16.6 Å². The Morgan fingerprint density at radius 1 is 1.42 bits per heavy atom. The van der Waals surface area contributed by atoms with Gasteiger partial charge in [0.2, 0.25) is 0 Å². The zero-order chi connectivity index (χ0) is 18.9. The molecule has 0 radical (unpaired) electrons. The van der Waals surface area contributed by atoms with E-state index in [1.54, 1.807) is 12.1 Å². The van der Waals surface area contributed by atoms with Gasteiger partial charge >= 0.3 is 0 Å². The van der Waals surface area contributed by atoms with Crippen LogP contribution in [0.15, 0.2) is 23.2 Å². The summed E-state index contributed by atoms with van der Waals surface area (Å²) in [5, 5.41) is 15.7. The van der Waals surface area contributed by atoms with Gasteiger partial charge in [0.05, 0.1) is 18.2 Å². The average molecular weight is 379 g/mol. The zero-order valence-electron chi connectivity index (χ0n) is 15.4. The van der Waals surface area contributed by atoms with Crippen molar-refractivity contribution in [1.82, 2.24) is 10.6 Å². The summed E-state index contributed by atoms with van der Waals surface area (Å²) in [6.45, 7) is 4.85. The number of nitriles is 1. The highest BCUT2D eigenvalue weighted by molar-refractivity contribution is 7.85. The van der Waals surface area contributed by atoms with Crippen LogP contribution in [0.4, 0.5) is 4.39 Å². The van der Waals surface area contributed by atoms with E-state index in [4.69, 9.17) is 5.26 Å². The third kappa shape index (κ3) is 5.80. The van der Waals surface area contributed by atoms with Gasteiger partial charge in [0.25, 0.3) is 0 Å². The van der Waals surface area contributed by atoms with Gasteiger partial charge in [-0.05, 0) is 38.3 Å². The van der Waals surface area contributed by atoms with Crippen LogP contribution in [0.3, 0.4) is 0 Å². The summed E-state index contributed by atoms with van der Waals surface area (Å²) in [6, 6.07) is 6.59. The van der Waals surface area contributed by atoms with Crippen molar-refractivity contribution in [1.29, 1.82) is 5.26 Å². The van der Waals surface area contributed by atoms with Crippen LogP contribution in [0, 0.1) is 17.1 Å². The number of hydrogen-bond donors (Lipinski definition) is 2. The molecule has 1 aliphatic carbocycles. The fourth-order valence-electron chi connectivity index (χ4n) is 3.17. The summed E-state index contributed by atoms with van der Waals surface area (Å²) in [5.41, 5.74) is 0.757. The molecule has 1 saturated carbocycles. The zero-order valence-corrected chi connectivity index (χ0v) is 16.2. The molecule has 0 saturated heterocycles. The third-order valence-corrected chi connectivity index (χ3v) is 6.30. The van der Waals surface area contributed by atoms with Crippen LogP contribution in [0.1, 0.15) is 50.7 Å². The van der Waals surface area contributed by atoms with Crippen molar-refractivity contribution < 1.29 is 8.60 Å². The minimum Gasteiger partial charge on any atom is -0.357 e. The van der Waals surface area contributed by atoms with E-state index in [1.165, 1.54) is 6.07 Å². The minimum absolute atomic E-state index is 0.198. The number of nitrogens with one attached hydrogen (secondary N) is 2. The summed E-state index contributed by atoms with van der Waals surface area (Å²) >= 11 is 0. The summed E-state index contributed by atoms with van der Waals surface area (Å²) in [7, 11) is -0.769. The highest BCUT2D eigenvalue weighted by Gasteiger charge is 2.26. The van der Waals surface area contributed by atoms with Crippen LogP contribution in [0.2, 0.25) is 0 Å². The van der Waals surface area contributed by atoms with Crippen molar-refractivity contribution in [2.75, 3.05) is 12.3 Å². The number of halogens is 1. The lowest BCUT2D eigenvalue weighted by Crippen LogP contribution is -2.46. The van der Waals surface area contributed by atoms with Crippen LogP contribution in [0.25, 0.3) is 0 Å². The Hall–Kier alpha value is -1.94. The molecule has 2 rings (SSSR count). The second-order valence-corrected chi connectivity index (χ2v) is 8.42. The number of benzene rings is 1. The van der Waals surface area contributed by atoms with Crippen LogP contribution in [-0.2, 0) is 17.3 Å². The number of guanidine groups is 1. The largest absolute Gasteiger partial charge is 0.357 e. The topological polar surface area (TPSA) is 77.3 Å². The highest BCUT2D eigenvalue weighted by atomic mass is 32.2. The van der Waals surface area contributed by atoms with Gasteiger partial charge in [0.1, 0.15) is 5.82 Å². The molecule has 3 unspecified atom stereocenters. The first-order valence-electron chi connectivity index (χ1n) is 9.17. The highest BCUT2D eigenvalue weighted by Crippen LogP contribution is 2.23. The van der Waals surface area contributed by atoms with Crippen molar-refractivity contribution >= 4 is 16.8 Å². The van der Waals surface area contributed by atoms with Crippen molar-refractivity contribution in [3.8, 4) is 6.07 Å². The molecule has 0 aliphatic heterocycles. The smallest absolute Gasteiger partial charge is 0.191 e. The summed E-state index contributed by atoms with van der Waals surface area (Å²) < 4.78 is 26.1. The van der Waals surface area contributed by atoms with Crippen LogP contribution < -0.4 is 10.6 Å². The predicted octanol–water partition coefficient (Wildman–Crippen LogP) is 2.83. The molecule has 0 amide bonds. The van der Waals surface area contributed by atoms with Gasteiger partial charge < -0.3 is 10.6 Å². The van der Waals surface area contributed by atoms with Gasteiger partial charge in [0.15, 0.2) is 5.96 Å². The standard InChI is InChI=1S/C19H27FN4OS/c1-3-22-19(23-13-15-9-8-14(12-21)10-18(15)20)24-16-6-5-7-17(11-16)26(25)4-2/h8-10,16-17H,3-7,11,13H2,1-2H3,(H2,22,23,24). The molecule has 1 fully saturated rings. The Balaban J connectivity index is 2.02. The maximum absolute atomic E-state index is 14.0. The van der Waals surface area contributed by atoms with E-state index in [0.29, 0.717) is 29.4 Å². The van der Waals surface area contributed by atoms with E-state index in [0.717, 1.165) is 25.7 Å². The van der Waals surface area contributed by atoms with E-state index in [-0.39, 0.29) is 17.8 Å². The number of aliphatic imine (C=N–C) groups is 1. The monoisotopic (exact) mass is 378 g/mol. The molecule has 3 atom stereocenters. The normalized spacial score (nSPS) is 21.7. The first kappa shape index (κ1) is 20.4. The SMILES string of the molecule is CCNC(=NCc1ccc(C#N)cc1F)NC1CCCC(S(=O)CC)C1. The number of nitrogens with zero attached hydrogens (tertiary/aromatic N) is 2. The maximum Gasteiger partial charge on any atom is 0.191 e. The quantitative estimate of drug-likeness (QED) is 0.589. The lowest BCUT2D eigenvalue weighted by atomic mass is 9.95. The molecule has 1 aromatic rings. The molecular weight excluding hydrogens is 351 g/mol. The Morgan fingerprint density at radius 3 is 2.88 bits per heavy atom. The molecule has 0 bridgehead atoms. The van der Waals surface area contributed by atoms with Crippen molar-refractivity contribution in [3.05, 3.63) is 35.1 Å². The number of hydrogen-bond acceptors (Lipinski definition) is 3. The fraction of sp³-hybridized carbons (Fsp3) is 0.579. The Bertz CT molecular complexity index is 701. The van der Waals surface area contributed by atoms with E-state index >= 15 is 0 Å². The van der Waals surface area contributed by atoms with E-state index in [1.807, 2.05) is 19.9 Å². The second kappa shape index (κ2) is 10.3. The first-order valence-corrected chi connectivity index (χ1v) is 10.6. The molecule has 7 heteroatoms. The van der Waals surface area contributed by atoms with E-state index in [2.05, 4.69) is 15.6 Å². The Kier molecular flexibility index (Phi) is 8.05. The van der Waals surface area contributed by atoms with Crippen molar-refractivity contribution in [2.45, 2.75) is 57.4 Å². The molecule has 1 aromatic carbocycles. The van der Waals surface area contributed by atoms with E-state index in [9.17, 15) is 8.60 Å². The average Bonchev–Trinajstić information content (AvgIpc) is 2.66. The van der Waals surface area contributed by atoms with Crippen molar-refractivity contribution in [3.63, 3.8) is 0 Å². The lowest BCUT2D eigenvalue weighted by Gasteiger charge is -2.30. The molecule has 0 heterocycles. The predicted molar refractivity (Wildman–Crippen MR) is 104 cm³/mol. The molecule has 142 valence electrons.